The lowest BCUT2D eigenvalue weighted by atomic mass is 10.1. The lowest BCUT2D eigenvalue weighted by Crippen LogP contribution is -2.48. The number of carbonyl (C=O) groups is 4. The van der Waals surface area contributed by atoms with Crippen LogP contribution in [-0.4, -0.2) is 54.2 Å². The first-order chi connectivity index (χ1) is 11.9. The Kier molecular flexibility index (Phi) is 12.3. The molecule has 0 aromatic carbocycles. The van der Waals surface area contributed by atoms with Gasteiger partial charge in [0.2, 0.25) is 0 Å². The molecule has 0 unspecified atom stereocenters. The maximum Gasteiger partial charge on any atom is 0.306 e. The first kappa shape index (κ1) is 23.0. The molecule has 0 rings (SSSR count). The van der Waals surface area contributed by atoms with Crippen LogP contribution in [0.3, 0.4) is 0 Å². The van der Waals surface area contributed by atoms with Crippen molar-refractivity contribution < 1.29 is 38.5 Å². The normalized spacial score (nSPS) is 14.1. The first-order valence-electron chi connectivity index (χ1n) is 8.57. The molecule has 0 aliphatic rings. The number of hydrogen-bond acceptors (Lipinski definition) is 8. The van der Waals surface area contributed by atoms with Crippen LogP contribution in [0.5, 0.6) is 0 Å². The lowest BCUT2D eigenvalue weighted by Gasteiger charge is -2.29. The number of esters is 3. The van der Waals surface area contributed by atoms with Gasteiger partial charge in [0.05, 0.1) is 6.61 Å². The number of rotatable bonds is 13. The maximum absolute atomic E-state index is 11.8. The van der Waals surface area contributed by atoms with E-state index in [2.05, 4.69) is 0 Å². The summed E-state index contributed by atoms with van der Waals surface area (Å²) in [7, 11) is 0. The molecule has 25 heavy (non-hydrogen) atoms. The minimum Gasteiger partial charge on any atom is -0.456 e. The molecule has 0 spiro atoms. The predicted molar refractivity (Wildman–Crippen MR) is 87.5 cm³/mol. The molecule has 1 N–H and O–H groups in total. The fourth-order valence-corrected chi connectivity index (χ4v) is 2.00. The van der Waals surface area contributed by atoms with E-state index in [9.17, 15) is 24.3 Å². The number of aliphatic hydroxyl groups excluding tert-OH is 1. The fraction of sp³-hybridized carbons (Fsp3) is 0.765. The van der Waals surface area contributed by atoms with E-state index in [0.717, 1.165) is 0 Å². The van der Waals surface area contributed by atoms with Gasteiger partial charge < -0.3 is 19.3 Å². The summed E-state index contributed by atoms with van der Waals surface area (Å²) in [6, 6.07) is 0. The highest BCUT2D eigenvalue weighted by molar-refractivity contribution is 5.74. The molecule has 0 heterocycles. The van der Waals surface area contributed by atoms with Gasteiger partial charge in [0.15, 0.2) is 24.6 Å². The van der Waals surface area contributed by atoms with Crippen molar-refractivity contribution in [2.75, 3.05) is 6.61 Å². The van der Waals surface area contributed by atoms with E-state index < -0.39 is 42.8 Å². The Morgan fingerprint density at radius 2 is 1.28 bits per heavy atom. The maximum atomic E-state index is 11.8. The summed E-state index contributed by atoms with van der Waals surface area (Å²) >= 11 is 0. The summed E-state index contributed by atoms with van der Waals surface area (Å²) in [6.45, 7) is 4.61. The second-order valence-corrected chi connectivity index (χ2v) is 5.51. The average Bonchev–Trinajstić information content (AvgIpc) is 2.56. The van der Waals surface area contributed by atoms with Crippen molar-refractivity contribution in [3.05, 3.63) is 0 Å². The van der Waals surface area contributed by atoms with Crippen LogP contribution in [0.2, 0.25) is 0 Å². The van der Waals surface area contributed by atoms with E-state index in [1.807, 2.05) is 0 Å². The number of carbonyl (C=O) groups excluding carboxylic acids is 4. The zero-order valence-electron chi connectivity index (χ0n) is 15.1. The van der Waals surface area contributed by atoms with Gasteiger partial charge in [0, 0.05) is 19.3 Å². The summed E-state index contributed by atoms with van der Waals surface area (Å²) in [6.07, 6.45) is -2.06. The largest absolute Gasteiger partial charge is 0.456 e. The van der Waals surface area contributed by atoms with Gasteiger partial charge in [0.1, 0.15) is 0 Å². The standard InChI is InChI=1S/C17H28O8/c1-4-7-14(20)23-12(10-18)17(25-16(22)9-6-3)13(11-19)24-15(21)8-5-2/h10,12-13,17,19H,4-9,11H2,1-3H3/t12-,13-,17+/m1/s1. The molecule has 0 fully saturated rings. The zero-order valence-corrected chi connectivity index (χ0v) is 15.1. The minimum absolute atomic E-state index is 0.0754. The van der Waals surface area contributed by atoms with Crippen LogP contribution in [0.25, 0.3) is 0 Å². The Morgan fingerprint density at radius 1 is 0.840 bits per heavy atom. The minimum atomic E-state index is -1.47. The zero-order chi connectivity index (χ0) is 19.2. The van der Waals surface area contributed by atoms with E-state index in [1.165, 1.54) is 0 Å². The molecular formula is C17H28O8. The van der Waals surface area contributed by atoms with Crippen molar-refractivity contribution in [2.45, 2.75) is 77.6 Å². The molecule has 8 heteroatoms. The van der Waals surface area contributed by atoms with Crippen LogP contribution >= 0.6 is 0 Å². The molecule has 0 radical (unpaired) electrons. The van der Waals surface area contributed by atoms with Gasteiger partial charge in [0.25, 0.3) is 0 Å². The third kappa shape index (κ3) is 9.19. The van der Waals surface area contributed by atoms with Crippen LogP contribution in [0.4, 0.5) is 0 Å². The Labute approximate surface area is 147 Å². The van der Waals surface area contributed by atoms with Gasteiger partial charge in [-0.2, -0.15) is 0 Å². The number of aldehydes is 1. The van der Waals surface area contributed by atoms with Gasteiger partial charge in [-0.05, 0) is 19.3 Å². The molecule has 0 aliphatic carbocycles. The Hall–Kier alpha value is -1.96. The molecule has 0 aromatic heterocycles. The third-order valence-electron chi connectivity index (χ3n) is 3.18. The van der Waals surface area contributed by atoms with Crippen LogP contribution < -0.4 is 0 Å². The number of aliphatic hydroxyl groups is 1. The highest BCUT2D eigenvalue weighted by Crippen LogP contribution is 2.15. The number of hydrogen-bond donors (Lipinski definition) is 1. The van der Waals surface area contributed by atoms with Crippen molar-refractivity contribution in [3.63, 3.8) is 0 Å². The highest BCUT2D eigenvalue weighted by Gasteiger charge is 2.37. The second kappa shape index (κ2) is 13.3. The molecule has 0 aliphatic heterocycles. The summed E-state index contributed by atoms with van der Waals surface area (Å²) in [5, 5.41) is 9.51. The summed E-state index contributed by atoms with van der Waals surface area (Å²) in [5.74, 6) is -1.90. The van der Waals surface area contributed by atoms with E-state index >= 15 is 0 Å². The monoisotopic (exact) mass is 360 g/mol. The summed E-state index contributed by atoms with van der Waals surface area (Å²) < 4.78 is 15.3. The molecule has 8 nitrogen and oxygen atoms in total. The molecule has 0 saturated heterocycles. The van der Waals surface area contributed by atoms with E-state index in [4.69, 9.17) is 14.2 Å². The SMILES string of the molecule is CCCC(=O)O[C@@H]([C@@H](C=O)OC(=O)CCC)[C@@H](CO)OC(=O)CCC. The van der Waals surface area contributed by atoms with Crippen molar-refractivity contribution in [1.82, 2.24) is 0 Å². The van der Waals surface area contributed by atoms with Gasteiger partial charge >= 0.3 is 17.9 Å². The molecular weight excluding hydrogens is 332 g/mol. The van der Waals surface area contributed by atoms with Gasteiger partial charge in [-0.25, -0.2) is 0 Å². The predicted octanol–water partition coefficient (Wildman–Crippen LogP) is 1.31. The molecule has 0 amide bonds. The molecule has 3 atom stereocenters. The van der Waals surface area contributed by atoms with Crippen LogP contribution in [0.15, 0.2) is 0 Å². The van der Waals surface area contributed by atoms with Crippen LogP contribution in [-0.2, 0) is 33.4 Å². The average molecular weight is 360 g/mol. The van der Waals surface area contributed by atoms with Crippen molar-refractivity contribution in [3.8, 4) is 0 Å². The van der Waals surface area contributed by atoms with Crippen LogP contribution in [0, 0.1) is 0 Å². The highest BCUT2D eigenvalue weighted by atomic mass is 16.6. The molecule has 0 saturated carbocycles. The van der Waals surface area contributed by atoms with E-state index in [0.29, 0.717) is 25.5 Å². The summed E-state index contributed by atoms with van der Waals surface area (Å²) in [5.41, 5.74) is 0. The summed E-state index contributed by atoms with van der Waals surface area (Å²) in [4.78, 5) is 46.5. The first-order valence-corrected chi connectivity index (χ1v) is 8.57. The molecule has 0 aromatic rings. The van der Waals surface area contributed by atoms with E-state index in [1.54, 1.807) is 20.8 Å². The molecule has 0 bridgehead atoms. The Morgan fingerprint density at radius 3 is 1.68 bits per heavy atom. The Bertz CT molecular complexity index is 434. The van der Waals surface area contributed by atoms with Crippen LogP contribution in [0.1, 0.15) is 59.3 Å². The second-order valence-electron chi connectivity index (χ2n) is 5.51. The lowest BCUT2D eigenvalue weighted by molar-refractivity contribution is -0.188. The quantitative estimate of drug-likeness (QED) is 0.297. The number of ether oxygens (including phenoxy) is 3. The van der Waals surface area contributed by atoms with Crippen molar-refractivity contribution in [2.24, 2.45) is 0 Å². The van der Waals surface area contributed by atoms with Gasteiger partial charge in [-0.1, -0.05) is 20.8 Å². The topological polar surface area (TPSA) is 116 Å². The van der Waals surface area contributed by atoms with Gasteiger partial charge in [-0.3, -0.25) is 19.2 Å². The van der Waals surface area contributed by atoms with Gasteiger partial charge in [-0.15, -0.1) is 0 Å². The van der Waals surface area contributed by atoms with E-state index in [-0.39, 0.29) is 19.3 Å². The molecule has 144 valence electrons. The third-order valence-corrected chi connectivity index (χ3v) is 3.18. The fourth-order valence-electron chi connectivity index (χ4n) is 2.00. The van der Waals surface area contributed by atoms with Crippen molar-refractivity contribution >= 4 is 24.2 Å². The van der Waals surface area contributed by atoms with Crippen molar-refractivity contribution in [1.29, 1.82) is 0 Å². The Balaban J connectivity index is 5.31. The smallest absolute Gasteiger partial charge is 0.306 e.